The number of amides is 1. The number of nitrogen functional groups attached to an aromatic ring is 1. The van der Waals surface area contributed by atoms with Crippen LogP contribution in [0.25, 0.3) is 0 Å². The second kappa shape index (κ2) is 6.80. The van der Waals surface area contributed by atoms with Crippen molar-refractivity contribution in [2.75, 3.05) is 39.0 Å². The van der Waals surface area contributed by atoms with Gasteiger partial charge in [-0.3, -0.25) is 9.69 Å². The predicted molar refractivity (Wildman–Crippen MR) is 84.6 cm³/mol. The first-order valence-corrected chi connectivity index (χ1v) is 7.57. The largest absolute Gasteiger partial charge is 0.495 e. The summed E-state index contributed by atoms with van der Waals surface area (Å²) in [7, 11) is 1.57. The topological polar surface area (TPSA) is 58.8 Å². The van der Waals surface area contributed by atoms with Crippen molar-refractivity contribution in [1.82, 2.24) is 9.80 Å². The fraction of sp³-hybridized carbons (Fsp3) is 0.562. The molecule has 1 aliphatic heterocycles. The number of benzene rings is 1. The summed E-state index contributed by atoms with van der Waals surface area (Å²) in [5.74, 6) is 0.660. The lowest BCUT2D eigenvalue weighted by molar-refractivity contribution is 0.0778. The van der Waals surface area contributed by atoms with Crippen molar-refractivity contribution in [3.8, 4) is 5.75 Å². The standard InChI is InChI=1S/C16H25N3O2/c1-4-18(5-2)13-8-9-19(11-13)16(20)12-6-7-15(21-3)14(17)10-12/h6-7,10,13H,4-5,8-9,11,17H2,1-3H3. The lowest BCUT2D eigenvalue weighted by Gasteiger charge is -2.26. The van der Waals surface area contributed by atoms with Crippen LogP contribution in [0.1, 0.15) is 30.6 Å². The third-order valence-corrected chi connectivity index (χ3v) is 4.26. The maximum absolute atomic E-state index is 12.6. The average molecular weight is 291 g/mol. The number of carbonyl (C=O) groups excluding carboxylic acids is 1. The van der Waals surface area contributed by atoms with Gasteiger partial charge in [0.1, 0.15) is 5.75 Å². The molecule has 1 heterocycles. The first kappa shape index (κ1) is 15.6. The number of ether oxygens (including phenoxy) is 1. The number of carbonyl (C=O) groups is 1. The van der Waals surface area contributed by atoms with Crippen molar-refractivity contribution in [1.29, 1.82) is 0 Å². The van der Waals surface area contributed by atoms with Gasteiger partial charge in [-0.05, 0) is 37.7 Å². The van der Waals surface area contributed by atoms with Crippen molar-refractivity contribution in [2.24, 2.45) is 0 Å². The summed E-state index contributed by atoms with van der Waals surface area (Å²) in [4.78, 5) is 16.9. The van der Waals surface area contributed by atoms with E-state index in [1.54, 1.807) is 25.3 Å². The van der Waals surface area contributed by atoms with E-state index < -0.39 is 0 Å². The van der Waals surface area contributed by atoms with Crippen molar-refractivity contribution in [2.45, 2.75) is 26.3 Å². The molecule has 1 atom stereocenters. The number of nitrogens with two attached hydrogens (primary N) is 1. The van der Waals surface area contributed by atoms with Gasteiger partial charge in [-0.1, -0.05) is 13.8 Å². The maximum atomic E-state index is 12.6. The molecule has 1 unspecified atom stereocenters. The zero-order valence-electron chi connectivity index (χ0n) is 13.1. The van der Waals surface area contributed by atoms with Crippen molar-refractivity contribution in [3.05, 3.63) is 23.8 Å². The Morgan fingerprint density at radius 3 is 2.71 bits per heavy atom. The van der Waals surface area contributed by atoms with Crippen LogP contribution in [0, 0.1) is 0 Å². The van der Waals surface area contributed by atoms with Crippen LogP contribution >= 0.6 is 0 Å². The van der Waals surface area contributed by atoms with Gasteiger partial charge in [-0.2, -0.15) is 0 Å². The molecule has 1 aromatic carbocycles. The molecular weight excluding hydrogens is 266 g/mol. The maximum Gasteiger partial charge on any atom is 0.253 e. The van der Waals surface area contributed by atoms with Crippen LogP contribution in [-0.4, -0.2) is 55.0 Å². The highest BCUT2D eigenvalue weighted by Crippen LogP contribution is 2.24. The number of methoxy groups -OCH3 is 1. The summed E-state index contributed by atoms with van der Waals surface area (Å²) >= 11 is 0. The van der Waals surface area contributed by atoms with E-state index >= 15 is 0 Å². The molecule has 2 N–H and O–H groups in total. The average Bonchev–Trinajstić information content (AvgIpc) is 2.97. The minimum Gasteiger partial charge on any atom is -0.495 e. The predicted octanol–water partition coefficient (Wildman–Crippen LogP) is 1.83. The van der Waals surface area contributed by atoms with Crippen molar-refractivity contribution in [3.63, 3.8) is 0 Å². The van der Waals surface area contributed by atoms with Gasteiger partial charge in [0.15, 0.2) is 0 Å². The molecular formula is C16H25N3O2. The van der Waals surface area contributed by atoms with Crippen LogP contribution in [-0.2, 0) is 0 Å². The van der Waals surface area contributed by atoms with Gasteiger partial charge in [0.05, 0.1) is 12.8 Å². The molecule has 0 radical (unpaired) electrons. The van der Waals surface area contributed by atoms with Gasteiger partial charge in [-0.25, -0.2) is 0 Å². The van der Waals surface area contributed by atoms with E-state index in [9.17, 15) is 4.79 Å². The highest BCUT2D eigenvalue weighted by molar-refractivity contribution is 5.95. The molecule has 5 heteroatoms. The Labute approximate surface area is 126 Å². The van der Waals surface area contributed by atoms with Crippen LogP contribution < -0.4 is 10.5 Å². The zero-order chi connectivity index (χ0) is 15.4. The summed E-state index contributed by atoms with van der Waals surface area (Å²) in [6, 6.07) is 5.70. The number of hydrogen-bond donors (Lipinski definition) is 1. The van der Waals surface area contributed by atoms with Crippen LogP contribution in [0.5, 0.6) is 5.75 Å². The fourth-order valence-electron chi connectivity index (χ4n) is 3.01. The summed E-state index contributed by atoms with van der Waals surface area (Å²) < 4.78 is 5.13. The molecule has 0 bridgehead atoms. The molecule has 1 saturated heterocycles. The quantitative estimate of drug-likeness (QED) is 0.841. The van der Waals surface area contributed by atoms with Gasteiger partial charge in [0, 0.05) is 24.7 Å². The number of likely N-dealkylation sites (tertiary alicyclic amines) is 1. The molecule has 1 fully saturated rings. The first-order chi connectivity index (χ1) is 10.1. The van der Waals surface area contributed by atoms with Crippen LogP contribution in [0.4, 0.5) is 5.69 Å². The van der Waals surface area contributed by atoms with E-state index in [4.69, 9.17) is 10.5 Å². The van der Waals surface area contributed by atoms with Gasteiger partial charge >= 0.3 is 0 Å². The van der Waals surface area contributed by atoms with Gasteiger partial charge < -0.3 is 15.4 Å². The molecule has 116 valence electrons. The Morgan fingerprint density at radius 1 is 1.43 bits per heavy atom. The molecule has 0 aromatic heterocycles. The van der Waals surface area contributed by atoms with Crippen LogP contribution in [0.3, 0.4) is 0 Å². The molecule has 1 aliphatic rings. The second-order valence-corrected chi connectivity index (χ2v) is 5.37. The molecule has 0 aliphatic carbocycles. The third kappa shape index (κ3) is 3.29. The highest BCUT2D eigenvalue weighted by atomic mass is 16.5. The highest BCUT2D eigenvalue weighted by Gasteiger charge is 2.29. The van der Waals surface area contributed by atoms with Gasteiger partial charge in [-0.15, -0.1) is 0 Å². The van der Waals surface area contributed by atoms with E-state index in [2.05, 4.69) is 18.7 Å². The fourth-order valence-corrected chi connectivity index (χ4v) is 3.01. The van der Waals surface area contributed by atoms with E-state index in [1.807, 2.05) is 4.90 Å². The third-order valence-electron chi connectivity index (χ3n) is 4.26. The number of likely N-dealkylation sites (N-methyl/N-ethyl adjacent to an activating group) is 1. The van der Waals surface area contributed by atoms with E-state index in [0.717, 1.165) is 32.6 Å². The zero-order valence-corrected chi connectivity index (χ0v) is 13.1. The van der Waals surface area contributed by atoms with E-state index in [1.165, 1.54) is 0 Å². The molecule has 0 saturated carbocycles. The Hall–Kier alpha value is -1.75. The van der Waals surface area contributed by atoms with E-state index in [-0.39, 0.29) is 5.91 Å². The Bertz CT molecular complexity index is 500. The minimum absolute atomic E-state index is 0.0546. The number of anilines is 1. The van der Waals surface area contributed by atoms with Crippen molar-refractivity contribution >= 4 is 11.6 Å². The lowest BCUT2D eigenvalue weighted by Crippen LogP contribution is -2.38. The SMILES string of the molecule is CCN(CC)C1CCN(C(=O)c2ccc(OC)c(N)c2)C1. The lowest BCUT2D eigenvalue weighted by atomic mass is 10.1. The van der Waals surface area contributed by atoms with Crippen molar-refractivity contribution < 1.29 is 9.53 Å². The van der Waals surface area contributed by atoms with Crippen LogP contribution in [0.2, 0.25) is 0 Å². The first-order valence-electron chi connectivity index (χ1n) is 7.57. The molecule has 1 amide bonds. The second-order valence-electron chi connectivity index (χ2n) is 5.37. The number of hydrogen-bond acceptors (Lipinski definition) is 4. The summed E-state index contributed by atoms with van der Waals surface area (Å²) in [5.41, 5.74) is 7.02. The van der Waals surface area contributed by atoms with Gasteiger partial charge in [0.25, 0.3) is 5.91 Å². The van der Waals surface area contributed by atoms with Crippen LogP contribution in [0.15, 0.2) is 18.2 Å². The summed E-state index contributed by atoms with van der Waals surface area (Å²) in [6.45, 7) is 7.99. The molecule has 2 rings (SSSR count). The summed E-state index contributed by atoms with van der Waals surface area (Å²) in [5, 5.41) is 0. The number of rotatable bonds is 5. The Kier molecular flexibility index (Phi) is 5.07. The molecule has 0 spiro atoms. The molecule has 21 heavy (non-hydrogen) atoms. The minimum atomic E-state index is 0.0546. The Morgan fingerprint density at radius 2 is 2.14 bits per heavy atom. The smallest absolute Gasteiger partial charge is 0.253 e. The monoisotopic (exact) mass is 291 g/mol. The normalized spacial score (nSPS) is 18.3. The van der Waals surface area contributed by atoms with E-state index in [0.29, 0.717) is 23.0 Å². The Balaban J connectivity index is 2.06. The number of nitrogens with zero attached hydrogens (tertiary/aromatic N) is 2. The van der Waals surface area contributed by atoms with Gasteiger partial charge in [0.2, 0.25) is 0 Å². The summed E-state index contributed by atoms with van der Waals surface area (Å²) in [6.07, 6.45) is 1.04. The molecule has 1 aromatic rings. The molecule has 5 nitrogen and oxygen atoms in total.